The molecule has 0 heterocycles. The first-order valence-electron chi connectivity index (χ1n) is 8.39. The summed E-state index contributed by atoms with van der Waals surface area (Å²) >= 11 is 0. The Labute approximate surface area is 147 Å². The number of hydrogen-bond acceptors (Lipinski definition) is 4. The smallest absolute Gasteiger partial charge is 0.309 e. The van der Waals surface area contributed by atoms with E-state index in [-0.39, 0.29) is 23.6 Å². The number of benzene rings is 2. The number of hydrogen-bond donors (Lipinski definition) is 0. The Morgan fingerprint density at radius 3 is 2.52 bits per heavy atom. The summed E-state index contributed by atoms with van der Waals surface area (Å²) in [4.78, 5) is 23.9. The van der Waals surface area contributed by atoms with Crippen LogP contribution in [0.3, 0.4) is 0 Å². The van der Waals surface area contributed by atoms with Crippen molar-refractivity contribution < 1.29 is 19.1 Å². The number of carbonyl (C=O) groups excluding carboxylic acids is 2. The quantitative estimate of drug-likeness (QED) is 0.560. The van der Waals surface area contributed by atoms with Gasteiger partial charge in [0.15, 0.2) is 5.78 Å². The molecule has 2 aromatic carbocycles. The summed E-state index contributed by atoms with van der Waals surface area (Å²) < 4.78 is 10.8. The summed E-state index contributed by atoms with van der Waals surface area (Å²) in [5.41, 5.74) is 0.813. The fourth-order valence-corrected chi connectivity index (χ4v) is 2.64. The zero-order valence-electron chi connectivity index (χ0n) is 14.1. The highest BCUT2D eigenvalue weighted by atomic mass is 16.5. The van der Waals surface area contributed by atoms with E-state index in [2.05, 4.69) is 0 Å². The number of ketones is 1. The molecule has 0 amide bonds. The topological polar surface area (TPSA) is 52.6 Å². The van der Waals surface area contributed by atoms with Crippen molar-refractivity contribution in [3.8, 4) is 11.5 Å². The molecule has 0 saturated heterocycles. The van der Waals surface area contributed by atoms with Gasteiger partial charge in [0.25, 0.3) is 0 Å². The number of rotatable bonds is 7. The van der Waals surface area contributed by atoms with Crippen LogP contribution in [0.15, 0.2) is 60.7 Å². The maximum atomic E-state index is 12.2. The number of ether oxygens (including phenoxy) is 2. The second-order valence-corrected chi connectivity index (χ2v) is 5.89. The molecule has 2 atom stereocenters. The van der Waals surface area contributed by atoms with E-state index in [1.54, 1.807) is 13.0 Å². The molecular formula is C21H20O4. The lowest BCUT2D eigenvalue weighted by atomic mass is 10.1. The van der Waals surface area contributed by atoms with Crippen LogP contribution in [0.1, 0.15) is 18.9 Å². The third-order valence-electron chi connectivity index (χ3n) is 4.06. The highest BCUT2D eigenvalue weighted by molar-refractivity contribution is 6.00. The minimum atomic E-state index is -0.284. The van der Waals surface area contributed by atoms with E-state index in [1.165, 1.54) is 6.08 Å². The van der Waals surface area contributed by atoms with Crippen LogP contribution >= 0.6 is 0 Å². The number of allylic oxidation sites excluding steroid dienone is 1. The summed E-state index contributed by atoms with van der Waals surface area (Å²) in [6, 6.07) is 17.0. The highest BCUT2D eigenvalue weighted by Crippen LogP contribution is 2.40. The average Bonchev–Trinajstić information content (AvgIpc) is 3.43. The van der Waals surface area contributed by atoms with E-state index < -0.39 is 0 Å². The van der Waals surface area contributed by atoms with Crippen LogP contribution in [-0.4, -0.2) is 18.4 Å². The van der Waals surface area contributed by atoms with Gasteiger partial charge in [0, 0.05) is 11.5 Å². The summed E-state index contributed by atoms with van der Waals surface area (Å²) in [5.74, 6) is 0.551. The fraction of sp³-hybridized carbons (Fsp3) is 0.238. The van der Waals surface area contributed by atoms with Crippen molar-refractivity contribution in [1.29, 1.82) is 0 Å². The molecule has 1 aliphatic carbocycles. The SMILES string of the molecule is CCOC(=O)[C@H]1C[C@@H]1C(=O)/C=C/c1ccccc1Oc1ccccc1. The first-order chi connectivity index (χ1) is 12.2. The van der Waals surface area contributed by atoms with Crippen LogP contribution in [0.4, 0.5) is 0 Å². The Kier molecular flexibility index (Phi) is 5.29. The molecule has 0 radical (unpaired) electrons. The van der Waals surface area contributed by atoms with Crippen LogP contribution in [0.5, 0.6) is 11.5 Å². The van der Waals surface area contributed by atoms with Crippen molar-refractivity contribution in [3.05, 3.63) is 66.2 Å². The fourth-order valence-electron chi connectivity index (χ4n) is 2.64. The molecule has 0 aliphatic heterocycles. The van der Waals surface area contributed by atoms with Crippen LogP contribution in [0.25, 0.3) is 6.08 Å². The molecule has 128 valence electrons. The van der Waals surface area contributed by atoms with Crippen LogP contribution in [0.2, 0.25) is 0 Å². The Morgan fingerprint density at radius 1 is 1.04 bits per heavy atom. The second-order valence-electron chi connectivity index (χ2n) is 5.89. The summed E-state index contributed by atoms with van der Waals surface area (Å²) in [7, 11) is 0. The average molecular weight is 336 g/mol. The molecule has 2 aromatic rings. The second kappa shape index (κ2) is 7.79. The van der Waals surface area contributed by atoms with Gasteiger partial charge in [0.05, 0.1) is 12.5 Å². The van der Waals surface area contributed by atoms with E-state index in [1.807, 2.05) is 54.6 Å². The van der Waals surface area contributed by atoms with E-state index >= 15 is 0 Å². The van der Waals surface area contributed by atoms with E-state index in [9.17, 15) is 9.59 Å². The molecule has 25 heavy (non-hydrogen) atoms. The van der Waals surface area contributed by atoms with Gasteiger partial charge in [-0.3, -0.25) is 9.59 Å². The largest absolute Gasteiger partial charge is 0.466 e. The van der Waals surface area contributed by atoms with Crippen LogP contribution < -0.4 is 4.74 Å². The third-order valence-corrected chi connectivity index (χ3v) is 4.06. The number of esters is 1. The van der Waals surface area contributed by atoms with Gasteiger partial charge in [0.2, 0.25) is 0 Å². The maximum Gasteiger partial charge on any atom is 0.309 e. The zero-order valence-corrected chi connectivity index (χ0v) is 14.1. The molecule has 0 unspecified atom stereocenters. The Hall–Kier alpha value is -2.88. The Bertz CT molecular complexity index is 779. The minimum Gasteiger partial charge on any atom is -0.466 e. The van der Waals surface area contributed by atoms with E-state index in [0.717, 1.165) is 11.3 Å². The summed E-state index contributed by atoms with van der Waals surface area (Å²) in [6.45, 7) is 2.11. The molecule has 0 bridgehead atoms. The van der Waals surface area contributed by atoms with Gasteiger partial charge in [-0.2, -0.15) is 0 Å². The van der Waals surface area contributed by atoms with Crippen molar-refractivity contribution in [2.24, 2.45) is 11.8 Å². The number of carbonyl (C=O) groups is 2. The van der Waals surface area contributed by atoms with Gasteiger partial charge in [-0.25, -0.2) is 0 Å². The molecule has 1 saturated carbocycles. The molecule has 0 spiro atoms. The first kappa shape index (κ1) is 17.0. The maximum absolute atomic E-state index is 12.2. The Balaban J connectivity index is 1.66. The monoisotopic (exact) mass is 336 g/mol. The third kappa shape index (κ3) is 4.35. The molecular weight excluding hydrogens is 316 g/mol. The predicted molar refractivity (Wildman–Crippen MR) is 95.2 cm³/mol. The van der Waals surface area contributed by atoms with Crippen LogP contribution in [0, 0.1) is 11.8 Å². The van der Waals surface area contributed by atoms with Crippen molar-refractivity contribution in [2.75, 3.05) is 6.61 Å². The van der Waals surface area contributed by atoms with E-state index in [0.29, 0.717) is 18.8 Å². The molecule has 1 fully saturated rings. The van der Waals surface area contributed by atoms with Gasteiger partial charge in [-0.1, -0.05) is 36.4 Å². The van der Waals surface area contributed by atoms with Crippen molar-refractivity contribution in [1.82, 2.24) is 0 Å². The Morgan fingerprint density at radius 2 is 1.76 bits per heavy atom. The molecule has 4 nitrogen and oxygen atoms in total. The van der Waals surface area contributed by atoms with Crippen LogP contribution in [-0.2, 0) is 14.3 Å². The van der Waals surface area contributed by atoms with Gasteiger partial charge in [-0.15, -0.1) is 0 Å². The standard InChI is InChI=1S/C21H20O4/c1-2-24-21(23)18-14-17(18)19(22)13-12-15-8-6-7-11-20(15)25-16-9-4-3-5-10-16/h3-13,17-18H,2,14H2,1H3/b13-12+/t17-,18-/m0/s1. The minimum absolute atomic E-state index is 0.0485. The predicted octanol–water partition coefficient (Wildman–Crippen LogP) is 4.26. The summed E-state index contributed by atoms with van der Waals surface area (Å²) in [5, 5.41) is 0. The lowest BCUT2D eigenvalue weighted by Gasteiger charge is -2.08. The normalized spacial score (nSPS) is 18.8. The van der Waals surface area contributed by atoms with Gasteiger partial charge in [0.1, 0.15) is 11.5 Å². The number of para-hydroxylation sites is 2. The highest BCUT2D eigenvalue weighted by Gasteiger charge is 2.47. The van der Waals surface area contributed by atoms with Crippen molar-refractivity contribution in [3.63, 3.8) is 0 Å². The van der Waals surface area contributed by atoms with E-state index in [4.69, 9.17) is 9.47 Å². The summed E-state index contributed by atoms with van der Waals surface area (Å²) in [6.07, 6.45) is 3.84. The molecule has 4 heteroatoms. The molecule has 0 N–H and O–H groups in total. The van der Waals surface area contributed by atoms with Gasteiger partial charge < -0.3 is 9.47 Å². The molecule has 3 rings (SSSR count). The first-order valence-corrected chi connectivity index (χ1v) is 8.39. The van der Waals surface area contributed by atoms with Crippen molar-refractivity contribution in [2.45, 2.75) is 13.3 Å². The lowest BCUT2D eigenvalue weighted by Crippen LogP contribution is -2.10. The lowest BCUT2D eigenvalue weighted by molar-refractivity contribution is -0.145. The van der Waals surface area contributed by atoms with Gasteiger partial charge >= 0.3 is 5.97 Å². The van der Waals surface area contributed by atoms with Crippen molar-refractivity contribution >= 4 is 17.8 Å². The van der Waals surface area contributed by atoms with Gasteiger partial charge in [-0.05, 0) is 43.7 Å². The molecule has 0 aromatic heterocycles. The zero-order chi connectivity index (χ0) is 17.6. The molecule has 1 aliphatic rings.